The number of pyridine rings is 1. The van der Waals surface area contributed by atoms with Crippen LogP contribution >= 0.6 is 11.8 Å². The zero-order valence-corrected chi connectivity index (χ0v) is 12.0. The summed E-state index contributed by atoms with van der Waals surface area (Å²) in [7, 11) is 1.37. The van der Waals surface area contributed by atoms with E-state index in [2.05, 4.69) is 10.3 Å². The number of nitrogens with one attached hydrogen (secondary N) is 1. The predicted octanol–water partition coefficient (Wildman–Crippen LogP) is 1.72. The van der Waals surface area contributed by atoms with Gasteiger partial charge in [0.2, 0.25) is 5.88 Å². The van der Waals surface area contributed by atoms with Crippen LogP contribution in [0.2, 0.25) is 0 Å². The Hall–Kier alpha value is -1.27. The van der Waals surface area contributed by atoms with Crippen molar-refractivity contribution in [2.45, 2.75) is 23.8 Å². The molecule has 0 aliphatic carbocycles. The minimum atomic E-state index is -0.406. The third-order valence-corrected chi connectivity index (χ3v) is 3.80. The SMILES string of the molecule is COC(=O)c1c(SC)ccnc1O[C@@H]1CCCNC1. The largest absolute Gasteiger partial charge is 0.472 e. The van der Waals surface area contributed by atoms with E-state index in [1.54, 1.807) is 12.3 Å². The summed E-state index contributed by atoms with van der Waals surface area (Å²) in [5.41, 5.74) is 0.420. The van der Waals surface area contributed by atoms with Gasteiger partial charge in [0.15, 0.2) is 0 Å². The number of esters is 1. The molecule has 0 unspecified atom stereocenters. The van der Waals surface area contributed by atoms with Crippen molar-refractivity contribution in [3.05, 3.63) is 17.8 Å². The number of hydrogen-bond donors (Lipinski definition) is 1. The maximum atomic E-state index is 11.9. The quantitative estimate of drug-likeness (QED) is 0.670. The van der Waals surface area contributed by atoms with Crippen LogP contribution < -0.4 is 10.1 Å². The van der Waals surface area contributed by atoms with Gasteiger partial charge in [0.25, 0.3) is 0 Å². The second kappa shape index (κ2) is 6.77. The number of hydrogen-bond acceptors (Lipinski definition) is 6. The van der Waals surface area contributed by atoms with Gasteiger partial charge in [-0.2, -0.15) is 0 Å². The highest BCUT2D eigenvalue weighted by Crippen LogP contribution is 2.28. The van der Waals surface area contributed by atoms with E-state index in [0.717, 1.165) is 30.8 Å². The fourth-order valence-electron chi connectivity index (χ4n) is 2.05. The molecule has 1 saturated heterocycles. The maximum absolute atomic E-state index is 11.9. The number of methoxy groups -OCH3 is 1. The minimum absolute atomic E-state index is 0.0572. The van der Waals surface area contributed by atoms with Crippen LogP contribution in [0.4, 0.5) is 0 Å². The highest BCUT2D eigenvalue weighted by molar-refractivity contribution is 7.98. The van der Waals surface area contributed by atoms with Crippen molar-refractivity contribution in [3.8, 4) is 5.88 Å². The molecule has 1 N–H and O–H groups in total. The van der Waals surface area contributed by atoms with E-state index in [4.69, 9.17) is 9.47 Å². The Kier molecular flexibility index (Phi) is 5.04. The van der Waals surface area contributed by atoms with Gasteiger partial charge >= 0.3 is 5.97 Å². The number of ether oxygens (including phenoxy) is 2. The molecule has 1 atom stereocenters. The van der Waals surface area contributed by atoms with Crippen molar-refractivity contribution in [1.82, 2.24) is 10.3 Å². The molecule has 2 rings (SSSR count). The molecule has 5 nitrogen and oxygen atoms in total. The van der Waals surface area contributed by atoms with Gasteiger partial charge in [-0.1, -0.05) is 0 Å². The monoisotopic (exact) mass is 282 g/mol. The molecule has 2 heterocycles. The summed E-state index contributed by atoms with van der Waals surface area (Å²) >= 11 is 1.48. The van der Waals surface area contributed by atoms with Crippen molar-refractivity contribution in [3.63, 3.8) is 0 Å². The molecule has 1 aliphatic heterocycles. The number of piperidine rings is 1. The first-order valence-corrected chi connectivity index (χ1v) is 7.47. The molecule has 0 spiro atoms. The van der Waals surface area contributed by atoms with Crippen molar-refractivity contribution < 1.29 is 14.3 Å². The maximum Gasteiger partial charge on any atom is 0.344 e. The molecule has 6 heteroatoms. The Balaban J connectivity index is 2.25. The van der Waals surface area contributed by atoms with Crippen molar-refractivity contribution in [1.29, 1.82) is 0 Å². The second-order valence-corrected chi connectivity index (χ2v) is 5.12. The van der Waals surface area contributed by atoms with Crippen molar-refractivity contribution in [2.24, 2.45) is 0 Å². The van der Waals surface area contributed by atoms with Crippen LogP contribution in [0.5, 0.6) is 5.88 Å². The average Bonchev–Trinajstić information content (AvgIpc) is 2.47. The first-order chi connectivity index (χ1) is 9.26. The van der Waals surface area contributed by atoms with E-state index in [-0.39, 0.29) is 6.10 Å². The van der Waals surface area contributed by atoms with Crippen LogP contribution in [0.15, 0.2) is 17.2 Å². The van der Waals surface area contributed by atoms with Crippen LogP contribution in [0, 0.1) is 0 Å². The molecular formula is C13H18N2O3S. The summed E-state index contributed by atoms with van der Waals surface area (Å²) in [5.74, 6) is -0.0383. The van der Waals surface area contributed by atoms with Crippen molar-refractivity contribution >= 4 is 17.7 Å². The lowest BCUT2D eigenvalue weighted by atomic mass is 10.1. The molecular weight excluding hydrogens is 264 g/mol. The smallest absolute Gasteiger partial charge is 0.344 e. The molecule has 0 radical (unpaired) electrons. The van der Waals surface area contributed by atoms with Gasteiger partial charge in [0.1, 0.15) is 11.7 Å². The van der Waals surface area contributed by atoms with Gasteiger partial charge < -0.3 is 14.8 Å². The molecule has 0 amide bonds. The van der Waals surface area contributed by atoms with Gasteiger partial charge in [-0.05, 0) is 31.7 Å². The summed E-state index contributed by atoms with van der Waals surface area (Å²) in [6.07, 6.45) is 5.67. The minimum Gasteiger partial charge on any atom is -0.472 e. The molecule has 0 saturated carbocycles. The number of nitrogens with zero attached hydrogens (tertiary/aromatic N) is 1. The lowest BCUT2D eigenvalue weighted by Gasteiger charge is -2.24. The third kappa shape index (κ3) is 3.39. The highest BCUT2D eigenvalue weighted by Gasteiger charge is 2.23. The number of carbonyl (C=O) groups excluding carboxylic acids is 1. The van der Waals surface area contributed by atoms with Crippen LogP contribution in [-0.4, -0.2) is 43.5 Å². The van der Waals surface area contributed by atoms with Gasteiger partial charge in [-0.3, -0.25) is 0 Å². The Morgan fingerprint density at radius 2 is 2.42 bits per heavy atom. The molecule has 1 fully saturated rings. The Labute approximate surface area is 117 Å². The number of aromatic nitrogens is 1. The molecule has 0 bridgehead atoms. The summed E-state index contributed by atoms with van der Waals surface area (Å²) < 4.78 is 10.7. The zero-order chi connectivity index (χ0) is 13.7. The van der Waals surface area contributed by atoms with E-state index < -0.39 is 5.97 Å². The molecule has 104 valence electrons. The standard InChI is InChI=1S/C13H18N2O3S/c1-17-13(16)11-10(19-2)5-7-15-12(11)18-9-4-3-6-14-8-9/h5,7,9,14H,3-4,6,8H2,1-2H3/t9-/m1/s1. The predicted molar refractivity (Wildman–Crippen MR) is 73.9 cm³/mol. The van der Waals surface area contributed by atoms with E-state index in [0.29, 0.717) is 11.4 Å². The van der Waals surface area contributed by atoms with Gasteiger partial charge in [0.05, 0.1) is 7.11 Å². The molecule has 1 aromatic heterocycles. The number of carbonyl (C=O) groups is 1. The molecule has 0 aromatic carbocycles. The van der Waals surface area contributed by atoms with E-state index in [1.807, 2.05) is 6.26 Å². The van der Waals surface area contributed by atoms with Crippen LogP contribution in [0.3, 0.4) is 0 Å². The van der Waals surface area contributed by atoms with Crippen LogP contribution in [0.1, 0.15) is 23.2 Å². The van der Waals surface area contributed by atoms with E-state index >= 15 is 0 Å². The summed E-state index contributed by atoms with van der Waals surface area (Å²) in [5, 5.41) is 3.27. The summed E-state index contributed by atoms with van der Waals surface area (Å²) in [4.78, 5) is 16.9. The van der Waals surface area contributed by atoms with Gasteiger partial charge in [0, 0.05) is 17.6 Å². The normalized spacial score (nSPS) is 18.9. The molecule has 19 heavy (non-hydrogen) atoms. The zero-order valence-electron chi connectivity index (χ0n) is 11.1. The molecule has 1 aromatic rings. The first kappa shape index (κ1) is 14.1. The summed E-state index contributed by atoms with van der Waals surface area (Å²) in [6, 6.07) is 1.79. The number of rotatable bonds is 4. The van der Waals surface area contributed by atoms with Crippen molar-refractivity contribution in [2.75, 3.05) is 26.5 Å². The highest BCUT2D eigenvalue weighted by atomic mass is 32.2. The topological polar surface area (TPSA) is 60.5 Å². The van der Waals surface area contributed by atoms with Gasteiger partial charge in [-0.15, -0.1) is 11.8 Å². The third-order valence-electron chi connectivity index (χ3n) is 3.02. The Bertz CT molecular complexity index is 448. The second-order valence-electron chi connectivity index (χ2n) is 4.27. The summed E-state index contributed by atoms with van der Waals surface area (Å²) in [6.45, 7) is 1.80. The number of thioether (sulfide) groups is 1. The van der Waals surface area contributed by atoms with E-state index in [9.17, 15) is 4.79 Å². The van der Waals surface area contributed by atoms with Gasteiger partial charge in [-0.25, -0.2) is 9.78 Å². The Morgan fingerprint density at radius 1 is 1.58 bits per heavy atom. The fourth-order valence-corrected chi connectivity index (χ4v) is 2.63. The lowest BCUT2D eigenvalue weighted by Crippen LogP contribution is -2.37. The van der Waals surface area contributed by atoms with Crippen LogP contribution in [0.25, 0.3) is 0 Å². The fraction of sp³-hybridized carbons (Fsp3) is 0.538. The lowest BCUT2D eigenvalue weighted by molar-refractivity contribution is 0.0584. The van der Waals surface area contributed by atoms with Crippen LogP contribution in [-0.2, 0) is 4.74 Å². The van der Waals surface area contributed by atoms with E-state index in [1.165, 1.54) is 18.9 Å². The average molecular weight is 282 g/mol. The first-order valence-electron chi connectivity index (χ1n) is 6.25. The molecule has 1 aliphatic rings. The Morgan fingerprint density at radius 3 is 3.05 bits per heavy atom.